The molecule has 1 atom stereocenters. The Balaban J connectivity index is 1.54. The molecule has 136 valence electrons. The summed E-state index contributed by atoms with van der Waals surface area (Å²) in [5.41, 5.74) is 1.59. The molecule has 2 aromatic rings. The summed E-state index contributed by atoms with van der Waals surface area (Å²) in [6.07, 6.45) is 5.30. The number of hydrogen-bond acceptors (Lipinski definition) is 5. The minimum Gasteiger partial charge on any atom is -0.303 e. The van der Waals surface area contributed by atoms with Crippen LogP contribution < -0.4 is 5.32 Å². The standard InChI is InChI=1S/C20H16ClN3O2S/c21-16-10-8-15(9-11-16)17(25)13-18-19(26)23-20(27-18)24-22-12-4-7-14-5-2-1-3-6-14/h1-12,18H,13H2,(H,23,24,26). The molecular formula is C20H16ClN3O2S. The van der Waals surface area contributed by atoms with Crippen molar-refractivity contribution in [2.45, 2.75) is 11.7 Å². The van der Waals surface area contributed by atoms with Crippen molar-refractivity contribution in [1.82, 2.24) is 5.32 Å². The van der Waals surface area contributed by atoms with Crippen molar-refractivity contribution in [3.63, 3.8) is 0 Å². The van der Waals surface area contributed by atoms with Crippen molar-refractivity contribution in [1.29, 1.82) is 0 Å². The molecule has 0 aliphatic carbocycles. The van der Waals surface area contributed by atoms with Gasteiger partial charge in [-0.1, -0.05) is 59.8 Å². The largest absolute Gasteiger partial charge is 0.303 e. The fourth-order valence-electron chi connectivity index (χ4n) is 2.35. The SMILES string of the molecule is O=C(CC1SC(=NN=CC=Cc2ccccc2)NC1=O)c1ccc(Cl)cc1. The van der Waals surface area contributed by atoms with Crippen LogP contribution in [-0.4, -0.2) is 28.3 Å². The average molecular weight is 398 g/mol. The normalized spacial score (nSPS) is 18.5. The van der Waals surface area contributed by atoms with Gasteiger partial charge >= 0.3 is 0 Å². The third-order valence-corrected chi connectivity index (χ3v) is 5.03. The number of benzene rings is 2. The summed E-state index contributed by atoms with van der Waals surface area (Å²) < 4.78 is 0. The fraction of sp³-hybridized carbons (Fsp3) is 0.100. The molecule has 1 unspecified atom stereocenters. The first-order valence-corrected chi connectivity index (χ1v) is 9.46. The lowest BCUT2D eigenvalue weighted by Crippen LogP contribution is -2.26. The minimum absolute atomic E-state index is 0.0920. The predicted octanol–water partition coefficient (Wildman–Crippen LogP) is 4.20. The van der Waals surface area contributed by atoms with Crippen LogP contribution in [0.5, 0.6) is 0 Å². The molecular weight excluding hydrogens is 382 g/mol. The van der Waals surface area contributed by atoms with Gasteiger partial charge in [0, 0.05) is 23.2 Å². The molecule has 27 heavy (non-hydrogen) atoms. The van der Waals surface area contributed by atoms with E-state index in [2.05, 4.69) is 15.5 Å². The Labute approximate surface area is 166 Å². The highest BCUT2D eigenvalue weighted by Crippen LogP contribution is 2.24. The van der Waals surface area contributed by atoms with Gasteiger partial charge in [0.15, 0.2) is 11.0 Å². The first kappa shape index (κ1) is 19.1. The minimum atomic E-state index is -0.512. The molecule has 0 spiro atoms. The van der Waals surface area contributed by atoms with E-state index in [1.807, 2.05) is 36.4 Å². The zero-order chi connectivity index (χ0) is 19.1. The molecule has 0 aromatic heterocycles. The third kappa shape index (κ3) is 5.64. The second-order valence-corrected chi connectivity index (χ2v) is 7.30. The van der Waals surface area contributed by atoms with Crippen molar-refractivity contribution < 1.29 is 9.59 Å². The zero-order valence-corrected chi connectivity index (χ0v) is 15.8. The number of nitrogens with zero attached hydrogens (tertiary/aromatic N) is 2. The van der Waals surface area contributed by atoms with E-state index in [-0.39, 0.29) is 18.1 Å². The topological polar surface area (TPSA) is 70.9 Å². The molecule has 1 aliphatic rings. The van der Waals surface area contributed by atoms with E-state index in [0.717, 1.165) is 5.56 Å². The number of thioether (sulfide) groups is 1. The first-order chi connectivity index (χ1) is 13.1. The van der Waals surface area contributed by atoms with E-state index in [4.69, 9.17) is 11.6 Å². The van der Waals surface area contributed by atoms with E-state index in [1.54, 1.807) is 36.6 Å². The molecule has 0 saturated carbocycles. The van der Waals surface area contributed by atoms with E-state index >= 15 is 0 Å². The number of allylic oxidation sites excluding steroid dienone is 1. The lowest BCUT2D eigenvalue weighted by atomic mass is 10.1. The van der Waals surface area contributed by atoms with Gasteiger partial charge in [0.05, 0.1) is 5.25 Å². The van der Waals surface area contributed by atoms with Gasteiger partial charge in [-0.05, 0) is 35.9 Å². The van der Waals surface area contributed by atoms with E-state index in [1.165, 1.54) is 11.8 Å². The molecule has 7 heteroatoms. The highest BCUT2D eigenvalue weighted by atomic mass is 35.5. The summed E-state index contributed by atoms with van der Waals surface area (Å²) in [5, 5.41) is 11.0. The van der Waals surface area contributed by atoms with Gasteiger partial charge in [-0.2, -0.15) is 5.10 Å². The summed E-state index contributed by atoms with van der Waals surface area (Å²) in [6.45, 7) is 0. The van der Waals surface area contributed by atoms with E-state index in [9.17, 15) is 9.59 Å². The Bertz CT molecular complexity index is 909. The molecule has 0 bridgehead atoms. The van der Waals surface area contributed by atoms with Crippen LogP contribution in [0.3, 0.4) is 0 Å². The molecule has 3 rings (SSSR count). The second-order valence-electron chi connectivity index (χ2n) is 5.67. The molecule has 1 N–H and O–H groups in total. The van der Waals surface area contributed by atoms with Crippen LogP contribution in [0, 0.1) is 0 Å². The van der Waals surface area contributed by atoms with Crippen LogP contribution in [-0.2, 0) is 4.79 Å². The van der Waals surface area contributed by atoms with Crippen LogP contribution in [0.1, 0.15) is 22.3 Å². The molecule has 2 aromatic carbocycles. The Hall–Kier alpha value is -2.70. The van der Waals surface area contributed by atoms with Crippen molar-refractivity contribution in [3.8, 4) is 0 Å². The monoisotopic (exact) mass is 397 g/mol. The van der Waals surface area contributed by atoms with Gasteiger partial charge in [0.25, 0.3) is 0 Å². The number of amides is 1. The van der Waals surface area contributed by atoms with Crippen LogP contribution in [0.15, 0.2) is 70.9 Å². The smallest absolute Gasteiger partial charge is 0.240 e. The van der Waals surface area contributed by atoms with Gasteiger partial charge in [-0.3, -0.25) is 9.59 Å². The number of rotatable bonds is 6. The quantitative estimate of drug-likeness (QED) is 0.451. The maximum absolute atomic E-state index is 12.3. The van der Waals surface area contributed by atoms with E-state index < -0.39 is 5.25 Å². The second kappa shape index (κ2) is 9.30. The van der Waals surface area contributed by atoms with Crippen molar-refractivity contribution in [2.24, 2.45) is 10.2 Å². The lowest BCUT2D eigenvalue weighted by molar-refractivity contribution is -0.118. The van der Waals surface area contributed by atoms with Crippen molar-refractivity contribution >= 4 is 52.5 Å². The molecule has 1 amide bonds. The highest BCUT2D eigenvalue weighted by molar-refractivity contribution is 8.15. The first-order valence-electron chi connectivity index (χ1n) is 8.21. The number of ketones is 1. The zero-order valence-electron chi connectivity index (χ0n) is 14.2. The summed E-state index contributed by atoms with van der Waals surface area (Å²) in [6, 6.07) is 16.4. The van der Waals surface area contributed by atoms with Crippen molar-refractivity contribution in [3.05, 3.63) is 76.8 Å². The average Bonchev–Trinajstić information content (AvgIpc) is 3.02. The number of carbonyl (C=O) groups is 2. The maximum Gasteiger partial charge on any atom is 0.240 e. The Morgan fingerprint density at radius 1 is 1.15 bits per heavy atom. The molecule has 1 aliphatic heterocycles. The van der Waals surface area contributed by atoms with Crippen LogP contribution >= 0.6 is 23.4 Å². The van der Waals surface area contributed by atoms with Crippen LogP contribution in [0.4, 0.5) is 0 Å². The van der Waals surface area contributed by atoms with Gasteiger partial charge < -0.3 is 5.32 Å². The maximum atomic E-state index is 12.3. The van der Waals surface area contributed by atoms with Crippen molar-refractivity contribution in [2.75, 3.05) is 0 Å². The van der Waals surface area contributed by atoms with Crippen LogP contribution in [0.2, 0.25) is 5.02 Å². The van der Waals surface area contributed by atoms with Gasteiger partial charge in [0.2, 0.25) is 5.91 Å². The van der Waals surface area contributed by atoms with E-state index in [0.29, 0.717) is 15.8 Å². The number of carbonyl (C=O) groups excluding carboxylic acids is 2. The summed E-state index contributed by atoms with van der Waals surface area (Å²) in [5.74, 6) is -0.356. The Kier molecular flexibility index (Phi) is 6.57. The number of nitrogens with one attached hydrogen (secondary N) is 1. The number of amidine groups is 1. The molecule has 1 heterocycles. The number of Topliss-reactive ketones (excluding diaryl/α,β-unsaturated/α-hetero) is 1. The van der Waals surface area contributed by atoms with Gasteiger partial charge in [-0.15, -0.1) is 5.10 Å². The summed E-state index contributed by atoms with van der Waals surface area (Å²) >= 11 is 7.03. The van der Waals surface area contributed by atoms with Crippen LogP contribution in [0.25, 0.3) is 6.08 Å². The predicted molar refractivity (Wildman–Crippen MR) is 111 cm³/mol. The fourth-order valence-corrected chi connectivity index (χ4v) is 3.40. The Morgan fingerprint density at radius 2 is 1.89 bits per heavy atom. The lowest BCUT2D eigenvalue weighted by Gasteiger charge is -2.04. The highest BCUT2D eigenvalue weighted by Gasteiger charge is 2.32. The molecule has 5 nitrogen and oxygen atoms in total. The Morgan fingerprint density at radius 3 is 2.63 bits per heavy atom. The number of halogens is 1. The molecule has 1 fully saturated rings. The summed E-state index contributed by atoms with van der Waals surface area (Å²) in [4.78, 5) is 24.3. The van der Waals surface area contributed by atoms with Gasteiger partial charge in [-0.25, -0.2) is 0 Å². The molecule has 1 saturated heterocycles. The number of hydrogen-bond donors (Lipinski definition) is 1. The summed E-state index contributed by atoms with van der Waals surface area (Å²) in [7, 11) is 0. The third-order valence-electron chi connectivity index (χ3n) is 3.70. The molecule has 0 radical (unpaired) electrons. The van der Waals surface area contributed by atoms with Gasteiger partial charge in [0.1, 0.15) is 0 Å².